The number of carbonyl (C=O) groups is 2. The second-order valence-electron chi connectivity index (χ2n) is 5.01. The van der Waals surface area contributed by atoms with Crippen LogP contribution in [0.5, 0.6) is 0 Å². The summed E-state index contributed by atoms with van der Waals surface area (Å²) in [5.41, 5.74) is 7.45. The van der Waals surface area contributed by atoms with Gasteiger partial charge in [0, 0.05) is 24.7 Å². The van der Waals surface area contributed by atoms with E-state index in [1.165, 1.54) is 0 Å². The Kier molecular flexibility index (Phi) is 3.42. The van der Waals surface area contributed by atoms with Gasteiger partial charge in [-0.05, 0) is 25.5 Å². The van der Waals surface area contributed by atoms with Crippen LogP contribution < -0.4 is 10.6 Å². The van der Waals surface area contributed by atoms with Crippen LogP contribution in [0.1, 0.15) is 28.0 Å². The summed E-state index contributed by atoms with van der Waals surface area (Å²) in [6.45, 7) is 4.88. The van der Waals surface area contributed by atoms with Gasteiger partial charge in [-0.25, -0.2) is 4.98 Å². The lowest BCUT2D eigenvalue weighted by Gasteiger charge is -2.40. The maximum absolute atomic E-state index is 11.5. The second-order valence-corrected chi connectivity index (χ2v) is 5.01. The molecule has 0 saturated carbocycles. The number of primary amides is 1. The minimum Gasteiger partial charge on any atom is -0.481 e. The van der Waals surface area contributed by atoms with Crippen LogP contribution in [0, 0.1) is 19.8 Å². The molecule has 1 aromatic heterocycles. The van der Waals surface area contributed by atoms with Crippen LogP contribution in [0.3, 0.4) is 0 Å². The van der Waals surface area contributed by atoms with Crippen molar-refractivity contribution in [2.45, 2.75) is 20.3 Å². The van der Waals surface area contributed by atoms with Crippen molar-refractivity contribution in [3.63, 3.8) is 0 Å². The number of carboxylic acid groups (broad SMARTS) is 1. The molecule has 1 fully saturated rings. The number of carbonyl (C=O) groups excluding carboxylic acids is 1. The Hall–Kier alpha value is -2.11. The molecule has 1 aliphatic heterocycles. The summed E-state index contributed by atoms with van der Waals surface area (Å²) in [4.78, 5) is 28.4. The summed E-state index contributed by atoms with van der Waals surface area (Å²) in [6.07, 6.45) is 0.146. The number of anilines is 1. The molecule has 102 valence electrons. The molecule has 2 heterocycles. The number of hydrogen-bond acceptors (Lipinski definition) is 4. The Morgan fingerprint density at radius 3 is 2.63 bits per heavy atom. The summed E-state index contributed by atoms with van der Waals surface area (Å²) in [5.74, 6) is -0.609. The molecule has 3 N–H and O–H groups in total. The molecule has 0 unspecified atom stereocenters. The minimum absolute atomic E-state index is 0.112. The highest BCUT2D eigenvalue weighted by Crippen LogP contribution is 2.29. The Labute approximate surface area is 111 Å². The first-order valence-electron chi connectivity index (χ1n) is 6.13. The molecule has 1 saturated heterocycles. The number of aromatic nitrogens is 1. The van der Waals surface area contributed by atoms with E-state index in [1.807, 2.05) is 24.8 Å². The van der Waals surface area contributed by atoms with Gasteiger partial charge in [0.1, 0.15) is 5.82 Å². The van der Waals surface area contributed by atoms with Gasteiger partial charge >= 0.3 is 5.97 Å². The molecule has 19 heavy (non-hydrogen) atoms. The van der Waals surface area contributed by atoms with Crippen LogP contribution in [0.4, 0.5) is 5.82 Å². The van der Waals surface area contributed by atoms with Gasteiger partial charge in [0.25, 0.3) is 5.91 Å². The zero-order valence-corrected chi connectivity index (χ0v) is 11.0. The molecule has 1 amide bonds. The molecule has 0 spiro atoms. The lowest BCUT2D eigenvalue weighted by Crippen LogP contribution is -2.49. The predicted octanol–water partition coefficient (Wildman–Crippen LogP) is 0.708. The SMILES string of the molecule is Cc1cc(C)c(C(N)=O)c(N2CC(CC(=O)O)C2)n1. The Bertz CT molecular complexity index is 536. The second kappa shape index (κ2) is 4.87. The minimum atomic E-state index is -0.798. The number of nitrogens with zero attached hydrogens (tertiary/aromatic N) is 2. The van der Waals surface area contributed by atoms with Gasteiger partial charge in [-0.1, -0.05) is 0 Å². The molecule has 1 aliphatic rings. The smallest absolute Gasteiger partial charge is 0.303 e. The summed E-state index contributed by atoms with van der Waals surface area (Å²) in [7, 11) is 0. The third-order valence-corrected chi connectivity index (χ3v) is 3.29. The van der Waals surface area contributed by atoms with Gasteiger partial charge in [0.15, 0.2) is 0 Å². The van der Waals surface area contributed by atoms with E-state index in [0.717, 1.165) is 11.3 Å². The van der Waals surface area contributed by atoms with Gasteiger partial charge < -0.3 is 15.7 Å². The quantitative estimate of drug-likeness (QED) is 0.833. The third-order valence-electron chi connectivity index (χ3n) is 3.29. The number of aryl methyl sites for hydroxylation is 2. The van der Waals surface area contributed by atoms with Gasteiger partial charge in [-0.3, -0.25) is 9.59 Å². The third kappa shape index (κ3) is 2.67. The zero-order chi connectivity index (χ0) is 14.2. The molecule has 6 nitrogen and oxygen atoms in total. The monoisotopic (exact) mass is 263 g/mol. The first-order chi connectivity index (χ1) is 8.88. The number of nitrogens with two attached hydrogens (primary N) is 1. The molecule has 6 heteroatoms. The van der Waals surface area contributed by atoms with E-state index in [-0.39, 0.29) is 12.3 Å². The summed E-state index contributed by atoms with van der Waals surface area (Å²) in [6, 6.07) is 1.82. The van der Waals surface area contributed by atoms with Crippen molar-refractivity contribution in [1.29, 1.82) is 0 Å². The lowest BCUT2D eigenvalue weighted by atomic mass is 9.95. The van der Waals surface area contributed by atoms with Crippen LogP contribution >= 0.6 is 0 Å². The number of amides is 1. The van der Waals surface area contributed by atoms with Crippen molar-refractivity contribution in [1.82, 2.24) is 4.98 Å². The van der Waals surface area contributed by atoms with Gasteiger partial charge in [0.05, 0.1) is 12.0 Å². The van der Waals surface area contributed by atoms with Crippen LogP contribution in [0.25, 0.3) is 0 Å². The number of hydrogen-bond donors (Lipinski definition) is 2. The van der Waals surface area contributed by atoms with Crippen LogP contribution in [0.15, 0.2) is 6.07 Å². The van der Waals surface area contributed by atoms with Crippen LogP contribution in [-0.4, -0.2) is 35.1 Å². The van der Waals surface area contributed by atoms with Crippen LogP contribution in [0.2, 0.25) is 0 Å². The normalized spacial score (nSPS) is 15.2. The van der Waals surface area contributed by atoms with E-state index in [4.69, 9.17) is 10.8 Å². The standard InChI is InChI=1S/C13H17N3O3/c1-7-3-8(2)15-13(11(7)12(14)19)16-5-9(6-16)4-10(17)18/h3,9H,4-6H2,1-2H3,(H2,14,19)(H,17,18). The first kappa shape index (κ1) is 13.3. The Morgan fingerprint density at radius 1 is 1.47 bits per heavy atom. The summed E-state index contributed by atoms with van der Waals surface area (Å²) in [5, 5.41) is 8.73. The van der Waals surface area contributed by atoms with Crippen LogP contribution in [-0.2, 0) is 4.79 Å². The molecular weight excluding hydrogens is 246 g/mol. The van der Waals surface area contributed by atoms with Gasteiger partial charge in [0.2, 0.25) is 0 Å². The van der Waals surface area contributed by atoms with Crippen molar-refractivity contribution in [2.75, 3.05) is 18.0 Å². The Balaban J connectivity index is 2.22. The molecule has 0 atom stereocenters. The average Bonchev–Trinajstić information content (AvgIpc) is 2.20. The van der Waals surface area contributed by atoms with Gasteiger partial charge in [-0.2, -0.15) is 0 Å². The van der Waals surface area contributed by atoms with Crippen molar-refractivity contribution >= 4 is 17.7 Å². The topological polar surface area (TPSA) is 96.5 Å². The van der Waals surface area contributed by atoms with Gasteiger partial charge in [-0.15, -0.1) is 0 Å². The van der Waals surface area contributed by atoms with E-state index >= 15 is 0 Å². The fraction of sp³-hybridized carbons (Fsp3) is 0.462. The first-order valence-corrected chi connectivity index (χ1v) is 6.13. The maximum atomic E-state index is 11.5. The van der Waals surface area contributed by atoms with E-state index < -0.39 is 11.9 Å². The molecule has 0 aromatic carbocycles. The number of aliphatic carboxylic acids is 1. The zero-order valence-electron chi connectivity index (χ0n) is 11.0. The average molecular weight is 263 g/mol. The number of carboxylic acids is 1. The maximum Gasteiger partial charge on any atom is 0.303 e. The van der Waals surface area contributed by atoms with Crippen molar-refractivity contribution in [3.05, 3.63) is 22.9 Å². The summed E-state index contributed by atoms with van der Waals surface area (Å²) >= 11 is 0. The highest BCUT2D eigenvalue weighted by molar-refractivity contribution is 5.99. The van der Waals surface area contributed by atoms with E-state index in [1.54, 1.807) is 0 Å². The molecule has 1 aromatic rings. The predicted molar refractivity (Wildman–Crippen MR) is 70.2 cm³/mol. The largest absolute Gasteiger partial charge is 0.481 e. The van der Waals surface area contributed by atoms with E-state index in [9.17, 15) is 9.59 Å². The number of rotatable bonds is 4. The van der Waals surface area contributed by atoms with Crippen molar-refractivity contribution in [2.24, 2.45) is 11.7 Å². The number of pyridine rings is 1. The lowest BCUT2D eigenvalue weighted by molar-refractivity contribution is -0.138. The molecule has 0 radical (unpaired) electrons. The molecule has 2 rings (SSSR count). The molecule has 0 bridgehead atoms. The summed E-state index contributed by atoms with van der Waals surface area (Å²) < 4.78 is 0. The van der Waals surface area contributed by atoms with Crippen molar-refractivity contribution < 1.29 is 14.7 Å². The Morgan fingerprint density at radius 2 is 2.11 bits per heavy atom. The highest BCUT2D eigenvalue weighted by Gasteiger charge is 2.32. The fourth-order valence-corrected chi connectivity index (χ4v) is 2.47. The van der Waals surface area contributed by atoms with E-state index in [2.05, 4.69) is 4.98 Å². The fourth-order valence-electron chi connectivity index (χ4n) is 2.47. The van der Waals surface area contributed by atoms with Crippen molar-refractivity contribution in [3.8, 4) is 0 Å². The highest BCUT2D eigenvalue weighted by atomic mass is 16.4. The molecular formula is C13H17N3O3. The van der Waals surface area contributed by atoms with E-state index in [0.29, 0.717) is 24.5 Å². The molecule has 0 aliphatic carbocycles.